The van der Waals surface area contributed by atoms with E-state index in [1.54, 1.807) is 31.4 Å². The summed E-state index contributed by atoms with van der Waals surface area (Å²) >= 11 is 6.05. The van der Waals surface area contributed by atoms with E-state index in [0.29, 0.717) is 22.8 Å². The Kier molecular flexibility index (Phi) is 5.77. The standard InChI is InChI=1S/C21H19ClN2O2/c1-26-20-9-5-2-6-15(20)14-23-16-10-12-17(13-11-16)24-21(25)18-7-3-4-8-19(18)22/h2-13,23H,14H2,1H3,(H,24,25). The van der Waals surface area contributed by atoms with Crippen LogP contribution in [0.4, 0.5) is 11.4 Å². The van der Waals surface area contributed by atoms with Crippen LogP contribution >= 0.6 is 11.6 Å². The first kappa shape index (κ1) is 17.8. The van der Waals surface area contributed by atoms with Gasteiger partial charge in [-0.2, -0.15) is 0 Å². The number of rotatable bonds is 6. The third-order valence-corrected chi connectivity index (χ3v) is 4.27. The van der Waals surface area contributed by atoms with Crippen molar-refractivity contribution in [1.29, 1.82) is 0 Å². The Morgan fingerprint density at radius 3 is 2.31 bits per heavy atom. The van der Waals surface area contributed by atoms with E-state index in [2.05, 4.69) is 10.6 Å². The smallest absolute Gasteiger partial charge is 0.257 e. The summed E-state index contributed by atoms with van der Waals surface area (Å²) in [5.74, 6) is 0.619. The number of carbonyl (C=O) groups is 1. The number of methoxy groups -OCH3 is 1. The predicted octanol–water partition coefficient (Wildman–Crippen LogP) is 5.21. The molecule has 0 unspecified atom stereocenters. The van der Waals surface area contributed by atoms with Gasteiger partial charge >= 0.3 is 0 Å². The Balaban J connectivity index is 1.62. The zero-order valence-corrected chi connectivity index (χ0v) is 15.1. The van der Waals surface area contributed by atoms with Gasteiger partial charge in [-0.1, -0.05) is 41.9 Å². The van der Waals surface area contributed by atoms with E-state index < -0.39 is 0 Å². The molecule has 0 saturated heterocycles. The molecule has 5 heteroatoms. The Morgan fingerprint density at radius 1 is 0.923 bits per heavy atom. The Labute approximate surface area is 157 Å². The highest BCUT2D eigenvalue weighted by Gasteiger charge is 2.09. The lowest BCUT2D eigenvalue weighted by Crippen LogP contribution is -2.12. The van der Waals surface area contributed by atoms with E-state index in [4.69, 9.17) is 16.3 Å². The van der Waals surface area contributed by atoms with Crippen molar-refractivity contribution in [3.63, 3.8) is 0 Å². The summed E-state index contributed by atoms with van der Waals surface area (Å²) in [4.78, 5) is 12.3. The highest BCUT2D eigenvalue weighted by molar-refractivity contribution is 6.34. The van der Waals surface area contributed by atoms with Gasteiger partial charge in [-0.05, 0) is 42.5 Å². The normalized spacial score (nSPS) is 10.2. The molecule has 2 N–H and O–H groups in total. The summed E-state index contributed by atoms with van der Waals surface area (Å²) < 4.78 is 5.35. The summed E-state index contributed by atoms with van der Waals surface area (Å²) in [7, 11) is 1.66. The Hall–Kier alpha value is -2.98. The van der Waals surface area contributed by atoms with Gasteiger partial charge < -0.3 is 15.4 Å². The molecule has 3 aromatic rings. The van der Waals surface area contributed by atoms with Crippen LogP contribution in [0.3, 0.4) is 0 Å². The fourth-order valence-electron chi connectivity index (χ4n) is 2.56. The minimum Gasteiger partial charge on any atom is -0.496 e. The van der Waals surface area contributed by atoms with Gasteiger partial charge in [0.1, 0.15) is 5.75 Å². The number of hydrogen-bond acceptors (Lipinski definition) is 3. The highest BCUT2D eigenvalue weighted by atomic mass is 35.5. The van der Waals surface area contributed by atoms with Crippen LogP contribution < -0.4 is 15.4 Å². The van der Waals surface area contributed by atoms with Crippen LogP contribution in [0, 0.1) is 0 Å². The molecule has 0 aliphatic carbocycles. The topological polar surface area (TPSA) is 50.4 Å². The lowest BCUT2D eigenvalue weighted by atomic mass is 10.2. The summed E-state index contributed by atoms with van der Waals surface area (Å²) in [6.45, 7) is 0.648. The lowest BCUT2D eigenvalue weighted by Gasteiger charge is -2.11. The molecule has 0 aromatic heterocycles. The van der Waals surface area contributed by atoms with E-state index >= 15 is 0 Å². The van der Waals surface area contributed by atoms with Gasteiger partial charge in [0.2, 0.25) is 0 Å². The molecule has 0 aliphatic heterocycles. The van der Waals surface area contributed by atoms with Gasteiger partial charge in [0.05, 0.1) is 17.7 Å². The first-order chi connectivity index (χ1) is 12.7. The molecular weight excluding hydrogens is 348 g/mol. The van der Waals surface area contributed by atoms with Crippen LogP contribution in [0.1, 0.15) is 15.9 Å². The molecule has 3 aromatic carbocycles. The number of para-hydroxylation sites is 1. The molecule has 0 aliphatic rings. The van der Waals surface area contributed by atoms with Crippen LogP contribution in [0.25, 0.3) is 0 Å². The second-order valence-electron chi connectivity index (χ2n) is 5.68. The van der Waals surface area contributed by atoms with Gasteiger partial charge in [-0.25, -0.2) is 0 Å². The molecule has 0 saturated carbocycles. The first-order valence-electron chi connectivity index (χ1n) is 8.19. The summed E-state index contributed by atoms with van der Waals surface area (Å²) in [6.07, 6.45) is 0. The fraction of sp³-hybridized carbons (Fsp3) is 0.0952. The summed E-state index contributed by atoms with van der Waals surface area (Å²) in [5.41, 5.74) is 3.18. The van der Waals surface area contributed by atoms with E-state index in [9.17, 15) is 4.79 Å². The number of halogens is 1. The third kappa shape index (κ3) is 4.35. The zero-order valence-electron chi connectivity index (χ0n) is 14.3. The molecular formula is C21H19ClN2O2. The van der Waals surface area contributed by atoms with Crippen molar-refractivity contribution in [2.45, 2.75) is 6.54 Å². The van der Waals surface area contributed by atoms with Crippen LogP contribution in [0.15, 0.2) is 72.8 Å². The minimum absolute atomic E-state index is 0.231. The maximum atomic E-state index is 12.3. The minimum atomic E-state index is -0.231. The maximum Gasteiger partial charge on any atom is 0.257 e. The summed E-state index contributed by atoms with van der Waals surface area (Å²) in [6, 6.07) is 22.4. The number of anilines is 2. The van der Waals surface area contributed by atoms with Crippen molar-refractivity contribution in [2.75, 3.05) is 17.7 Å². The second kappa shape index (κ2) is 8.41. The molecule has 3 rings (SSSR count). The van der Waals surface area contributed by atoms with Gasteiger partial charge in [0, 0.05) is 23.5 Å². The Morgan fingerprint density at radius 2 is 1.58 bits per heavy atom. The van der Waals surface area contributed by atoms with E-state index in [0.717, 1.165) is 17.0 Å². The third-order valence-electron chi connectivity index (χ3n) is 3.94. The van der Waals surface area contributed by atoms with Gasteiger partial charge in [-0.3, -0.25) is 4.79 Å². The van der Waals surface area contributed by atoms with Crippen LogP contribution in [0.5, 0.6) is 5.75 Å². The van der Waals surface area contributed by atoms with Crippen molar-refractivity contribution in [1.82, 2.24) is 0 Å². The molecule has 132 valence electrons. The maximum absolute atomic E-state index is 12.3. The van der Waals surface area contributed by atoms with Crippen LogP contribution in [0.2, 0.25) is 5.02 Å². The number of hydrogen-bond donors (Lipinski definition) is 2. The average molecular weight is 367 g/mol. The SMILES string of the molecule is COc1ccccc1CNc1ccc(NC(=O)c2ccccc2Cl)cc1. The number of ether oxygens (including phenoxy) is 1. The fourth-order valence-corrected chi connectivity index (χ4v) is 2.78. The number of carbonyl (C=O) groups excluding carboxylic acids is 1. The first-order valence-corrected chi connectivity index (χ1v) is 8.57. The monoisotopic (exact) mass is 366 g/mol. The molecule has 4 nitrogen and oxygen atoms in total. The quantitative estimate of drug-likeness (QED) is 0.629. The van der Waals surface area contributed by atoms with Crippen molar-refractivity contribution < 1.29 is 9.53 Å². The van der Waals surface area contributed by atoms with E-state index in [-0.39, 0.29) is 5.91 Å². The van der Waals surface area contributed by atoms with Crippen LogP contribution in [-0.2, 0) is 6.54 Å². The number of amides is 1. The lowest BCUT2D eigenvalue weighted by molar-refractivity contribution is 0.102. The van der Waals surface area contributed by atoms with Crippen molar-refractivity contribution in [2.24, 2.45) is 0 Å². The largest absolute Gasteiger partial charge is 0.496 e. The predicted molar refractivity (Wildman–Crippen MR) is 106 cm³/mol. The molecule has 0 bridgehead atoms. The van der Waals surface area contributed by atoms with E-state index in [1.165, 1.54) is 0 Å². The van der Waals surface area contributed by atoms with Gasteiger partial charge in [0.15, 0.2) is 0 Å². The van der Waals surface area contributed by atoms with Crippen LogP contribution in [-0.4, -0.2) is 13.0 Å². The summed E-state index contributed by atoms with van der Waals surface area (Å²) in [5, 5.41) is 6.62. The second-order valence-corrected chi connectivity index (χ2v) is 6.08. The van der Waals surface area contributed by atoms with Gasteiger partial charge in [0.25, 0.3) is 5.91 Å². The molecule has 0 radical (unpaired) electrons. The number of nitrogens with one attached hydrogen (secondary N) is 2. The highest BCUT2D eigenvalue weighted by Crippen LogP contribution is 2.21. The number of benzene rings is 3. The molecule has 0 fully saturated rings. The van der Waals surface area contributed by atoms with Gasteiger partial charge in [-0.15, -0.1) is 0 Å². The molecule has 0 atom stereocenters. The van der Waals surface area contributed by atoms with E-state index in [1.807, 2.05) is 48.5 Å². The van der Waals surface area contributed by atoms with Crippen molar-refractivity contribution in [3.05, 3.63) is 88.9 Å². The average Bonchev–Trinajstić information content (AvgIpc) is 2.68. The molecule has 0 heterocycles. The zero-order chi connectivity index (χ0) is 18.4. The van der Waals surface area contributed by atoms with Crippen molar-refractivity contribution >= 4 is 28.9 Å². The molecule has 0 spiro atoms. The Bertz CT molecular complexity index is 895. The molecule has 1 amide bonds. The molecule has 26 heavy (non-hydrogen) atoms. The van der Waals surface area contributed by atoms with Crippen molar-refractivity contribution in [3.8, 4) is 5.75 Å².